The van der Waals surface area contributed by atoms with Gasteiger partial charge in [-0.25, -0.2) is 0 Å². The van der Waals surface area contributed by atoms with Crippen LogP contribution >= 0.6 is 21.6 Å². The highest BCUT2D eigenvalue weighted by Gasteiger charge is 2.38. The number of amides is 1. The Bertz CT molecular complexity index is 320. The average molecular weight is 364 g/mol. The maximum absolute atomic E-state index is 12.3. The number of nitrogens with one attached hydrogen (secondary N) is 1. The minimum atomic E-state index is -1.33. The van der Waals surface area contributed by atoms with Crippen LogP contribution < -0.4 is 5.32 Å². The van der Waals surface area contributed by atoms with Crippen LogP contribution in [0.4, 0.5) is 0 Å². The molecule has 0 saturated carbocycles. The average Bonchev–Trinajstić information content (AvgIpc) is 2.82. The summed E-state index contributed by atoms with van der Waals surface area (Å²) in [7, 11) is 1.39. The van der Waals surface area contributed by atoms with Crippen molar-refractivity contribution in [1.82, 2.24) is 5.32 Å². The zero-order chi connectivity index (χ0) is 16.1. The van der Waals surface area contributed by atoms with Crippen LogP contribution in [0.5, 0.6) is 0 Å². The molecule has 1 saturated heterocycles. The van der Waals surface area contributed by atoms with Gasteiger partial charge in [0.15, 0.2) is 0 Å². The highest BCUT2D eigenvalue weighted by atomic mass is 33.1. The molecule has 21 heavy (non-hydrogen) atoms. The molecular formula is C15H33NOS2Si2. The van der Waals surface area contributed by atoms with Crippen LogP contribution in [0.25, 0.3) is 0 Å². The molecule has 1 N–H and O–H groups in total. The Balaban J connectivity index is 2.30. The summed E-state index contributed by atoms with van der Waals surface area (Å²) in [6.07, 6.45) is 5.62. The minimum absolute atomic E-state index is 0.290. The molecule has 0 aliphatic carbocycles. The molecule has 0 aromatic rings. The quantitative estimate of drug-likeness (QED) is 0.376. The van der Waals surface area contributed by atoms with Gasteiger partial charge in [0.1, 0.15) is 0 Å². The Hall–Kier alpha value is 0.604. The molecule has 1 fully saturated rings. The van der Waals surface area contributed by atoms with Crippen LogP contribution in [0.1, 0.15) is 32.1 Å². The van der Waals surface area contributed by atoms with Gasteiger partial charge in [-0.1, -0.05) is 67.3 Å². The van der Waals surface area contributed by atoms with Gasteiger partial charge in [-0.2, -0.15) is 0 Å². The van der Waals surface area contributed by atoms with Crippen molar-refractivity contribution in [2.24, 2.45) is 0 Å². The van der Waals surface area contributed by atoms with E-state index in [1.807, 2.05) is 21.6 Å². The van der Waals surface area contributed by atoms with Crippen LogP contribution in [-0.2, 0) is 4.79 Å². The van der Waals surface area contributed by atoms with Crippen LogP contribution in [0.2, 0.25) is 39.3 Å². The topological polar surface area (TPSA) is 29.1 Å². The van der Waals surface area contributed by atoms with Crippen LogP contribution in [0.3, 0.4) is 0 Å². The fraction of sp³-hybridized carbons (Fsp3) is 0.933. The molecule has 0 aromatic heterocycles. The first-order valence-corrected chi connectivity index (χ1v) is 17.7. The van der Waals surface area contributed by atoms with Crippen LogP contribution in [-0.4, -0.2) is 38.3 Å². The van der Waals surface area contributed by atoms with Gasteiger partial charge < -0.3 is 5.32 Å². The van der Waals surface area contributed by atoms with Crippen molar-refractivity contribution >= 4 is 43.6 Å². The molecule has 1 aliphatic rings. The standard InChI is InChI=1S/C15H33NOS2Si2/c1-20(2,3)15(21(4,5)6)16-14(17)10-8-7-9-13-11-12-18-19-13/h13,15H,7-12H2,1-6H3,(H,16,17). The summed E-state index contributed by atoms with van der Waals surface area (Å²) in [5, 5.41) is 4.73. The normalized spacial score (nSPS) is 20.0. The second-order valence-electron chi connectivity index (χ2n) is 8.31. The summed E-state index contributed by atoms with van der Waals surface area (Å²) >= 11 is 0. The van der Waals surface area contributed by atoms with E-state index in [4.69, 9.17) is 0 Å². The molecule has 1 heterocycles. The lowest BCUT2D eigenvalue weighted by atomic mass is 10.1. The highest BCUT2D eigenvalue weighted by Crippen LogP contribution is 2.39. The molecule has 0 bridgehead atoms. The SMILES string of the molecule is C[Si](C)(C)C(NC(=O)CCCCC1CCSS1)[Si](C)(C)C. The molecule has 124 valence electrons. The molecule has 0 aromatic carbocycles. The number of carbonyl (C=O) groups excluding carboxylic acids is 1. The molecule has 1 aliphatic heterocycles. The van der Waals surface area contributed by atoms with Gasteiger partial charge in [-0.15, -0.1) is 0 Å². The van der Waals surface area contributed by atoms with Crippen molar-refractivity contribution in [3.8, 4) is 0 Å². The third kappa shape index (κ3) is 7.61. The zero-order valence-electron chi connectivity index (χ0n) is 14.6. The van der Waals surface area contributed by atoms with Gasteiger partial charge in [-0.3, -0.25) is 4.79 Å². The number of unbranched alkanes of at least 4 members (excludes halogenated alkanes) is 1. The summed E-state index contributed by atoms with van der Waals surface area (Å²) in [6, 6.07) is 0. The van der Waals surface area contributed by atoms with E-state index in [9.17, 15) is 4.79 Å². The maximum Gasteiger partial charge on any atom is 0.219 e. The Labute approximate surface area is 141 Å². The van der Waals surface area contributed by atoms with Gasteiger partial charge >= 0.3 is 0 Å². The van der Waals surface area contributed by atoms with Crippen LogP contribution in [0, 0.1) is 0 Å². The molecule has 1 amide bonds. The lowest BCUT2D eigenvalue weighted by Gasteiger charge is -2.39. The van der Waals surface area contributed by atoms with E-state index in [0.717, 1.165) is 18.1 Å². The van der Waals surface area contributed by atoms with E-state index in [2.05, 4.69) is 44.6 Å². The van der Waals surface area contributed by atoms with Crippen LogP contribution in [0.15, 0.2) is 0 Å². The Kier molecular flexibility index (Phi) is 7.91. The maximum atomic E-state index is 12.3. The molecule has 0 radical (unpaired) electrons. The Morgan fingerprint density at radius 2 is 1.76 bits per heavy atom. The van der Waals surface area contributed by atoms with Gasteiger partial charge in [0, 0.05) is 22.7 Å². The van der Waals surface area contributed by atoms with Crippen molar-refractivity contribution in [2.75, 3.05) is 5.75 Å². The number of rotatable bonds is 8. The molecule has 1 unspecified atom stereocenters. The zero-order valence-corrected chi connectivity index (χ0v) is 18.3. The van der Waals surface area contributed by atoms with E-state index in [-0.39, 0.29) is 0 Å². The smallest absolute Gasteiger partial charge is 0.219 e. The van der Waals surface area contributed by atoms with E-state index >= 15 is 0 Å². The summed E-state index contributed by atoms with van der Waals surface area (Å²) in [6.45, 7) is 14.3. The van der Waals surface area contributed by atoms with Crippen molar-refractivity contribution in [3.63, 3.8) is 0 Å². The summed E-state index contributed by atoms with van der Waals surface area (Å²) in [5.41, 5.74) is 0. The van der Waals surface area contributed by atoms with Gasteiger partial charge in [-0.05, 0) is 19.3 Å². The number of carbonyl (C=O) groups is 1. The molecule has 6 heteroatoms. The summed E-state index contributed by atoms with van der Waals surface area (Å²) in [4.78, 5) is 12.3. The Morgan fingerprint density at radius 1 is 1.14 bits per heavy atom. The lowest BCUT2D eigenvalue weighted by molar-refractivity contribution is -0.121. The first-order valence-electron chi connectivity index (χ1n) is 8.18. The molecule has 1 rings (SSSR count). The van der Waals surface area contributed by atoms with Gasteiger partial charge in [0.25, 0.3) is 0 Å². The molecule has 2 nitrogen and oxygen atoms in total. The largest absolute Gasteiger partial charge is 0.359 e. The van der Waals surface area contributed by atoms with Gasteiger partial charge in [0.05, 0.1) is 16.1 Å². The molecule has 1 atom stereocenters. The summed E-state index contributed by atoms with van der Waals surface area (Å²) in [5.74, 6) is 1.60. The third-order valence-corrected chi connectivity index (χ3v) is 15.9. The van der Waals surface area contributed by atoms with Crippen molar-refractivity contribution < 1.29 is 4.79 Å². The number of hydrogen-bond donors (Lipinski definition) is 1. The van der Waals surface area contributed by atoms with E-state index in [1.54, 1.807) is 0 Å². The summed E-state index contributed by atoms with van der Waals surface area (Å²) < 4.78 is 0. The molecule has 0 spiro atoms. The van der Waals surface area contributed by atoms with Crippen molar-refractivity contribution in [1.29, 1.82) is 0 Å². The fourth-order valence-corrected chi connectivity index (χ4v) is 17.8. The predicted molar refractivity (Wildman–Crippen MR) is 106 cm³/mol. The van der Waals surface area contributed by atoms with Crippen molar-refractivity contribution in [3.05, 3.63) is 0 Å². The first kappa shape index (κ1) is 19.7. The second kappa shape index (κ2) is 8.45. The first-order chi connectivity index (χ1) is 9.60. The fourth-order valence-electron chi connectivity index (χ4n) is 3.19. The number of hydrogen-bond acceptors (Lipinski definition) is 3. The predicted octanol–water partition coefficient (Wildman–Crippen LogP) is 4.94. The monoisotopic (exact) mass is 363 g/mol. The van der Waals surface area contributed by atoms with Gasteiger partial charge in [0.2, 0.25) is 5.91 Å². The second-order valence-corrected chi connectivity index (χ2v) is 22.3. The van der Waals surface area contributed by atoms with E-state index in [0.29, 0.717) is 11.2 Å². The van der Waals surface area contributed by atoms with E-state index < -0.39 is 16.1 Å². The van der Waals surface area contributed by atoms with E-state index in [1.165, 1.54) is 25.0 Å². The molecular weight excluding hydrogens is 330 g/mol. The van der Waals surface area contributed by atoms with Crippen molar-refractivity contribution in [2.45, 2.75) is 81.9 Å². The Morgan fingerprint density at radius 3 is 2.24 bits per heavy atom. The third-order valence-electron chi connectivity index (χ3n) is 3.94. The lowest BCUT2D eigenvalue weighted by Crippen LogP contribution is -2.63. The highest BCUT2D eigenvalue weighted by molar-refractivity contribution is 8.77. The minimum Gasteiger partial charge on any atom is -0.359 e.